The van der Waals surface area contributed by atoms with Crippen LogP contribution in [0.25, 0.3) is 10.8 Å². The molecule has 0 spiro atoms. The van der Waals surface area contributed by atoms with Gasteiger partial charge in [0.15, 0.2) is 5.96 Å². The summed E-state index contributed by atoms with van der Waals surface area (Å²) in [5, 5.41) is 9.33. The first-order valence-electron chi connectivity index (χ1n) is 10.3. The van der Waals surface area contributed by atoms with Gasteiger partial charge in [0.05, 0.1) is 6.61 Å². The molecular weight excluding hydrogens is 477 g/mol. The van der Waals surface area contributed by atoms with Gasteiger partial charge in [0.25, 0.3) is 0 Å². The van der Waals surface area contributed by atoms with E-state index in [2.05, 4.69) is 61.8 Å². The Hall–Kier alpha value is -1.58. The zero-order valence-electron chi connectivity index (χ0n) is 17.1. The second kappa shape index (κ2) is 11.0. The summed E-state index contributed by atoms with van der Waals surface area (Å²) < 4.78 is 5.91. The quantitative estimate of drug-likeness (QED) is 0.260. The van der Waals surface area contributed by atoms with Gasteiger partial charge in [0.2, 0.25) is 0 Å². The van der Waals surface area contributed by atoms with Crippen molar-refractivity contribution in [2.45, 2.75) is 12.5 Å². The Morgan fingerprint density at radius 2 is 1.86 bits per heavy atom. The smallest absolute Gasteiger partial charge is 0.191 e. The van der Waals surface area contributed by atoms with Crippen LogP contribution in [0.15, 0.2) is 47.5 Å². The van der Waals surface area contributed by atoms with Gasteiger partial charge in [-0.25, -0.2) is 0 Å². The van der Waals surface area contributed by atoms with Gasteiger partial charge in [-0.1, -0.05) is 30.3 Å². The second-order valence-electron chi connectivity index (χ2n) is 7.58. The van der Waals surface area contributed by atoms with Crippen molar-refractivity contribution in [3.05, 3.63) is 42.5 Å². The maximum Gasteiger partial charge on any atom is 0.191 e. The van der Waals surface area contributed by atoms with Crippen molar-refractivity contribution in [1.29, 1.82) is 0 Å². The van der Waals surface area contributed by atoms with Gasteiger partial charge in [-0.15, -0.1) is 24.0 Å². The van der Waals surface area contributed by atoms with E-state index in [1.807, 2.05) is 13.1 Å². The van der Waals surface area contributed by atoms with E-state index in [1.54, 1.807) is 0 Å². The largest absolute Gasteiger partial charge is 0.494 e. The molecule has 3 aliphatic heterocycles. The summed E-state index contributed by atoms with van der Waals surface area (Å²) in [4.78, 5) is 9.50. The van der Waals surface area contributed by atoms with Crippen molar-refractivity contribution in [3.63, 3.8) is 0 Å². The summed E-state index contributed by atoms with van der Waals surface area (Å²) >= 11 is 0. The molecule has 0 aromatic heterocycles. The zero-order valence-corrected chi connectivity index (χ0v) is 19.5. The van der Waals surface area contributed by atoms with Crippen molar-refractivity contribution in [2.75, 3.05) is 59.5 Å². The molecule has 0 radical (unpaired) electrons. The third-order valence-electron chi connectivity index (χ3n) is 5.72. The van der Waals surface area contributed by atoms with Crippen molar-refractivity contribution in [3.8, 4) is 5.75 Å². The number of aliphatic imine (C=N–C) groups is 1. The van der Waals surface area contributed by atoms with Gasteiger partial charge in [0, 0.05) is 58.9 Å². The van der Waals surface area contributed by atoms with Crippen LogP contribution in [0.1, 0.15) is 6.42 Å². The van der Waals surface area contributed by atoms with E-state index in [-0.39, 0.29) is 24.0 Å². The van der Waals surface area contributed by atoms with Gasteiger partial charge in [-0.2, -0.15) is 0 Å². The Labute approximate surface area is 190 Å². The highest BCUT2D eigenvalue weighted by atomic mass is 127. The number of hydrogen-bond acceptors (Lipinski definition) is 4. The third-order valence-corrected chi connectivity index (χ3v) is 5.72. The van der Waals surface area contributed by atoms with Crippen molar-refractivity contribution in [2.24, 2.45) is 4.99 Å². The van der Waals surface area contributed by atoms with Crippen LogP contribution < -0.4 is 15.4 Å². The molecular formula is C22H32IN5O. The molecule has 3 heterocycles. The van der Waals surface area contributed by atoms with Crippen LogP contribution in [-0.2, 0) is 0 Å². The molecule has 3 aliphatic rings. The molecule has 2 bridgehead atoms. The molecule has 2 aromatic rings. The summed E-state index contributed by atoms with van der Waals surface area (Å²) in [6, 6.07) is 15.2. The highest BCUT2D eigenvalue weighted by Gasteiger charge is 2.31. The summed E-state index contributed by atoms with van der Waals surface area (Å²) in [6.45, 7) is 8.49. The van der Waals surface area contributed by atoms with Crippen LogP contribution in [0.3, 0.4) is 0 Å². The maximum atomic E-state index is 5.91. The van der Waals surface area contributed by atoms with E-state index < -0.39 is 0 Å². The predicted molar refractivity (Wildman–Crippen MR) is 131 cm³/mol. The average molecular weight is 509 g/mol. The minimum atomic E-state index is 0. The monoisotopic (exact) mass is 509 g/mol. The number of halogens is 1. The van der Waals surface area contributed by atoms with Crippen LogP contribution in [0, 0.1) is 0 Å². The number of nitrogens with one attached hydrogen (secondary N) is 2. The highest BCUT2D eigenvalue weighted by molar-refractivity contribution is 14.0. The first-order chi connectivity index (χ1) is 13.8. The highest BCUT2D eigenvalue weighted by Crippen LogP contribution is 2.20. The summed E-state index contributed by atoms with van der Waals surface area (Å²) in [7, 11) is 1.83. The zero-order chi connectivity index (χ0) is 19.2. The normalized spacial score (nSPS) is 23.5. The Bertz CT molecular complexity index is 807. The Morgan fingerprint density at radius 1 is 1.07 bits per heavy atom. The molecule has 1 atom stereocenters. The number of hydrogen-bond donors (Lipinski definition) is 2. The van der Waals surface area contributed by atoms with E-state index >= 15 is 0 Å². The molecule has 3 fully saturated rings. The fourth-order valence-corrected chi connectivity index (χ4v) is 4.08. The van der Waals surface area contributed by atoms with Gasteiger partial charge in [0.1, 0.15) is 5.75 Å². The predicted octanol–water partition coefficient (Wildman–Crippen LogP) is 2.39. The summed E-state index contributed by atoms with van der Waals surface area (Å²) in [5.41, 5.74) is 0. The molecule has 0 aliphatic carbocycles. The molecule has 2 N–H and O–H groups in total. The standard InChI is InChI=1S/C22H31N5O.HI/c1-23-22(25-16-20-17-26-10-12-27(20)13-11-26)24-9-4-14-28-21-8-7-18-5-2-3-6-19(18)15-21;/h2-3,5-8,15,20H,4,9-14,16-17H2,1H3,(H2,23,24,25);1H. The molecule has 1 unspecified atom stereocenters. The van der Waals surface area contributed by atoms with Crippen molar-refractivity contribution < 1.29 is 4.74 Å². The fraction of sp³-hybridized carbons (Fsp3) is 0.500. The number of piperazine rings is 3. The van der Waals surface area contributed by atoms with E-state index in [4.69, 9.17) is 4.74 Å². The Morgan fingerprint density at radius 3 is 2.59 bits per heavy atom. The first kappa shape index (κ1) is 22.1. The number of benzene rings is 2. The number of fused-ring (bicyclic) bond motifs is 4. The number of nitrogens with zero attached hydrogens (tertiary/aromatic N) is 3. The average Bonchev–Trinajstić information content (AvgIpc) is 2.76. The van der Waals surface area contributed by atoms with Crippen LogP contribution in [0.2, 0.25) is 0 Å². The van der Waals surface area contributed by atoms with E-state index in [1.165, 1.54) is 43.5 Å². The van der Waals surface area contributed by atoms with Gasteiger partial charge >= 0.3 is 0 Å². The van der Waals surface area contributed by atoms with Crippen LogP contribution in [-0.4, -0.2) is 81.3 Å². The van der Waals surface area contributed by atoms with Gasteiger partial charge in [-0.3, -0.25) is 14.8 Å². The molecule has 0 saturated carbocycles. The minimum absolute atomic E-state index is 0. The number of guanidine groups is 1. The lowest BCUT2D eigenvalue weighted by Gasteiger charge is -2.47. The van der Waals surface area contributed by atoms with Crippen LogP contribution in [0.4, 0.5) is 0 Å². The molecule has 0 amide bonds. The van der Waals surface area contributed by atoms with Gasteiger partial charge < -0.3 is 15.4 Å². The molecule has 158 valence electrons. The molecule has 5 rings (SSSR count). The summed E-state index contributed by atoms with van der Waals surface area (Å²) in [5.74, 6) is 1.81. The molecule has 2 aromatic carbocycles. The van der Waals surface area contributed by atoms with Crippen LogP contribution in [0.5, 0.6) is 5.75 Å². The molecule has 6 nitrogen and oxygen atoms in total. The van der Waals surface area contributed by atoms with E-state index in [9.17, 15) is 0 Å². The SMILES string of the molecule is CN=C(NCCCOc1ccc2ccccc2c1)NCC1CN2CCN1CC2.I. The van der Waals surface area contributed by atoms with E-state index in [0.717, 1.165) is 31.2 Å². The lowest BCUT2D eigenvalue weighted by atomic mass is 10.1. The molecule has 3 saturated heterocycles. The fourth-order valence-electron chi connectivity index (χ4n) is 4.08. The van der Waals surface area contributed by atoms with Crippen molar-refractivity contribution in [1.82, 2.24) is 20.4 Å². The minimum Gasteiger partial charge on any atom is -0.494 e. The second-order valence-corrected chi connectivity index (χ2v) is 7.58. The Balaban J connectivity index is 0.00000240. The lowest BCUT2D eigenvalue weighted by molar-refractivity contribution is 0.0154. The number of ether oxygens (including phenoxy) is 1. The molecule has 29 heavy (non-hydrogen) atoms. The van der Waals surface area contributed by atoms with E-state index in [0.29, 0.717) is 12.6 Å². The van der Waals surface area contributed by atoms with Crippen LogP contribution >= 0.6 is 24.0 Å². The van der Waals surface area contributed by atoms with Crippen molar-refractivity contribution >= 4 is 40.7 Å². The number of rotatable bonds is 7. The molecule has 7 heteroatoms. The maximum absolute atomic E-state index is 5.91. The Kier molecular flexibility index (Phi) is 8.38. The lowest BCUT2D eigenvalue weighted by Crippen LogP contribution is -2.63. The first-order valence-corrected chi connectivity index (χ1v) is 10.3. The third kappa shape index (κ3) is 5.96. The van der Waals surface area contributed by atoms with Gasteiger partial charge in [-0.05, 0) is 29.3 Å². The topological polar surface area (TPSA) is 52.1 Å². The summed E-state index contributed by atoms with van der Waals surface area (Å²) in [6.07, 6.45) is 0.927.